The third-order valence-corrected chi connectivity index (χ3v) is 16.8. The molecule has 75 heavy (non-hydrogen) atoms. The summed E-state index contributed by atoms with van der Waals surface area (Å²) in [5, 5.41) is 0. The van der Waals surface area contributed by atoms with Crippen LogP contribution in [0.3, 0.4) is 0 Å². The van der Waals surface area contributed by atoms with Crippen molar-refractivity contribution in [3.05, 3.63) is 203 Å². The van der Waals surface area contributed by atoms with Crippen LogP contribution in [0.2, 0.25) is 0 Å². The SMILES string of the molecule is CC(C)(C)c1ccc(N(c2ccc(C(C)(C)C)cc2)c2ccc3c(c2)N(c2cccc4c2C(C)(C)c2ccccc2-4)c2cc(C(C)(C)C)cc4c2B3c2cc(C(C)(C)C)ccc2N4c2ccc(C(C)(C)C)cc2)cc1. The van der Waals surface area contributed by atoms with Gasteiger partial charge in [-0.05, 0) is 166 Å². The standard InChI is InChI=1S/C71H78BN3/c1-66(2,3)45-25-32-50(33-26-45)73(51-34-27-46(28-35-51)67(4,5)6)53-38-39-57-61(44-53)75(60-24-20-22-55-54-21-18-19-23-56(54)71(16,17)64(55)60)63-43-49(70(13,14)15)42-62-65(63)72(57)58-41-48(69(10,11)12)31-40-59(58)74(62)52-36-29-47(30-37-52)68(7,8)9/h18-44H,1-17H3. The third kappa shape index (κ3) is 8.43. The van der Waals surface area contributed by atoms with Crippen molar-refractivity contribution in [2.24, 2.45) is 0 Å². The normalized spacial score (nSPS) is 14.8. The predicted octanol–water partition coefficient (Wildman–Crippen LogP) is 18.0. The van der Waals surface area contributed by atoms with E-state index in [1.807, 2.05) is 0 Å². The van der Waals surface area contributed by atoms with Crippen LogP contribution in [-0.4, -0.2) is 6.71 Å². The van der Waals surface area contributed by atoms with Crippen LogP contribution in [0.25, 0.3) is 11.1 Å². The van der Waals surface area contributed by atoms with E-state index in [1.165, 1.54) is 101 Å². The highest BCUT2D eigenvalue weighted by atomic mass is 15.2. The van der Waals surface area contributed by atoms with Gasteiger partial charge in [0.1, 0.15) is 0 Å². The maximum absolute atomic E-state index is 2.69. The summed E-state index contributed by atoms with van der Waals surface area (Å²) in [5.74, 6) is 0. The van der Waals surface area contributed by atoms with Crippen molar-refractivity contribution >= 4 is 74.3 Å². The van der Waals surface area contributed by atoms with Gasteiger partial charge in [0.05, 0.1) is 5.69 Å². The predicted molar refractivity (Wildman–Crippen MR) is 326 cm³/mol. The summed E-state index contributed by atoms with van der Waals surface area (Å²) >= 11 is 0. The van der Waals surface area contributed by atoms with Crippen LogP contribution in [0.5, 0.6) is 0 Å². The molecule has 3 aliphatic rings. The Morgan fingerprint density at radius 2 is 0.840 bits per heavy atom. The zero-order valence-corrected chi connectivity index (χ0v) is 48.0. The molecule has 0 N–H and O–H groups in total. The second-order valence-corrected chi connectivity index (χ2v) is 27.6. The summed E-state index contributed by atoms with van der Waals surface area (Å²) < 4.78 is 0. The molecule has 3 nitrogen and oxygen atoms in total. The maximum Gasteiger partial charge on any atom is 0.252 e. The fraction of sp³-hybridized carbons (Fsp3) is 0.324. The van der Waals surface area contributed by atoms with Crippen LogP contribution in [-0.2, 0) is 32.5 Å². The molecule has 0 unspecified atom stereocenters. The number of anilines is 9. The molecule has 0 radical (unpaired) electrons. The molecule has 8 aromatic rings. The van der Waals surface area contributed by atoms with Crippen LogP contribution in [0.4, 0.5) is 51.2 Å². The zero-order chi connectivity index (χ0) is 53.5. The molecule has 0 bridgehead atoms. The Bertz CT molecular complexity index is 3470. The molecule has 8 aromatic carbocycles. The van der Waals surface area contributed by atoms with Gasteiger partial charge >= 0.3 is 0 Å². The van der Waals surface area contributed by atoms with E-state index >= 15 is 0 Å². The molecule has 4 heteroatoms. The lowest BCUT2D eigenvalue weighted by molar-refractivity contribution is 0.589. The highest BCUT2D eigenvalue weighted by molar-refractivity contribution is 7.00. The first-order valence-electron chi connectivity index (χ1n) is 27.5. The van der Waals surface area contributed by atoms with Crippen LogP contribution in [0.1, 0.15) is 157 Å². The van der Waals surface area contributed by atoms with Crippen LogP contribution >= 0.6 is 0 Å². The zero-order valence-electron chi connectivity index (χ0n) is 48.0. The maximum atomic E-state index is 2.69. The number of fused-ring (bicyclic) bond motifs is 7. The Morgan fingerprint density at radius 1 is 0.360 bits per heavy atom. The van der Waals surface area contributed by atoms with Crippen molar-refractivity contribution < 1.29 is 0 Å². The summed E-state index contributed by atoms with van der Waals surface area (Å²) in [4.78, 5) is 7.77. The summed E-state index contributed by atoms with van der Waals surface area (Å²) in [6.45, 7) is 39.7. The van der Waals surface area contributed by atoms with Crippen molar-refractivity contribution in [2.75, 3.05) is 14.7 Å². The molecular weight excluding hydrogens is 906 g/mol. The van der Waals surface area contributed by atoms with E-state index in [4.69, 9.17) is 0 Å². The van der Waals surface area contributed by atoms with Gasteiger partial charge in [-0.3, -0.25) is 0 Å². The van der Waals surface area contributed by atoms with E-state index in [-0.39, 0.29) is 39.2 Å². The van der Waals surface area contributed by atoms with Gasteiger partial charge in [-0.2, -0.15) is 0 Å². The first kappa shape index (κ1) is 50.4. The number of hydrogen-bond donors (Lipinski definition) is 0. The van der Waals surface area contributed by atoms with Gasteiger partial charge < -0.3 is 14.7 Å². The smallest absolute Gasteiger partial charge is 0.252 e. The summed E-state index contributed by atoms with van der Waals surface area (Å²) in [7, 11) is 0. The molecule has 0 saturated carbocycles. The Labute approximate surface area is 450 Å². The van der Waals surface area contributed by atoms with Gasteiger partial charge in [0, 0.05) is 50.9 Å². The van der Waals surface area contributed by atoms with Crippen LogP contribution in [0.15, 0.2) is 164 Å². The Kier molecular flexibility index (Phi) is 11.5. The Balaban J connectivity index is 1.25. The summed E-state index contributed by atoms with van der Waals surface area (Å²) in [6.07, 6.45) is 0. The molecular formula is C71H78BN3. The topological polar surface area (TPSA) is 9.72 Å². The van der Waals surface area contributed by atoms with E-state index in [2.05, 4.69) is 296 Å². The van der Waals surface area contributed by atoms with Gasteiger partial charge in [0.15, 0.2) is 0 Å². The second-order valence-electron chi connectivity index (χ2n) is 27.6. The van der Waals surface area contributed by atoms with E-state index in [9.17, 15) is 0 Å². The Hall–Kier alpha value is -6.78. The van der Waals surface area contributed by atoms with Crippen LogP contribution < -0.4 is 31.1 Å². The largest absolute Gasteiger partial charge is 0.311 e. The van der Waals surface area contributed by atoms with E-state index in [1.54, 1.807) is 0 Å². The first-order chi connectivity index (χ1) is 35.1. The second kappa shape index (κ2) is 17.1. The molecule has 0 saturated heterocycles. The molecule has 2 aliphatic heterocycles. The quantitative estimate of drug-likeness (QED) is 0.159. The van der Waals surface area contributed by atoms with E-state index in [0.717, 1.165) is 17.1 Å². The van der Waals surface area contributed by atoms with Crippen molar-refractivity contribution in [1.29, 1.82) is 0 Å². The lowest BCUT2D eigenvalue weighted by atomic mass is 9.33. The minimum Gasteiger partial charge on any atom is -0.311 e. The molecule has 0 spiro atoms. The van der Waals surface area contributed by atoms with Gasteiger partial charge in [-0.1, -0.05) is 209 Å². The molecule has 11 rings (SSSR count). The number of nitrogens with zero attached hydrogens (tertiary/aromatic N) is 3. The van der Waals surface area contributed by atoms with Crippen LogP contribution in [0, 0.1) is 0 Å². The molecule has 0 amide bonds. The molecule has 0 aromatic heterocycles. The fourth-order valence-electron chi connectivity index (χ4n) is 12.3. The van der Waals surface area contributed by atoms with E-state index in [0.29, 0.717) is 0 Å². The minimum absolute atomic E-state index is 0.0279. The van der Waals surface area contributed by atoms with E-state index < -0.39 is 0 Å². The van der Waals surface area contributed by atoms with Gasteiger partial charge in [0.25, 0.3) is 6.71 Å². The monoisotopic (exact) mass is 984 g/mol. The number of rotatable bonds is 5. The molecule has 0 fully saturated rings. The molecule has 2 heterocycles. The third-order valence-electron chi connectivity index (χ3n) is 16.8. The van der Waals surface area contributed by atoms with Gasteiger partial charge in [0.2, 0.25) is 0 Å². The lowest BCUT2D eigenvalue weighted by Crippen LogP contribution is -2.61. The van der Waals surface area contributed by atoms with Crippen molar-refractivity contribution in [3.8, 4) is 11.1 Å². The van der Waals surface area contributed by atoms with Crippen molar-refractivity contribution in [2.45, 2.75) is 150 Å². The number of hydrogen-bond acceptors (Lipinski definition) is 3. The first-order valence-corrected chi connectivity index (χ1v) is 27.5. The summed E-state index contributed by atoms with van der Waals surface area (Å²) in [5.41, 5.74) is 26.3. The van der Waals surface area contributed by atoms with Crippen molar-refractivity contribution in [1.82, 2.24) is 0 Å². The molecule has 380 valence electrons. The average molecular weight is 984 g/mol. The van der Waals surface area contributed by atoms with Crippen molar-refractivity contribution in [3.63, 3.8) is 0 Å². The Morgan fingerprint density at radius 3 is 1.39 bits per heavy atom. The van der Waals surface area contributed by atoms with Gasteiger partial charge in [-0.15, -0.1) is 0 Å². The molecule has 0 atom stereocenters. The highest BCUT2D eigenvalue weighted by Crippen LogP contribution is 2.56. The molecule has 1 aliphatic carbocycles. The lowest BCUT2D eigenvalue weighted by Gasteiger charge is -2.46. The summed E-state index contributed by atoms with van der Waals surface area (Å²) in [6, 6.07) is 64.0. The minimum atomic E-state index is -0.260. The fourth-order valence-corrected chi connectivity index (χ4v) is 12.3. The number of benzene rings is 8. The highest BCUT2D eigenvalue weighted by Gasteiger charge is 2.47. The average Bonchev–Trinajstić information content (AvgIpc) is 3.66. The van der Waals surface area contributed by atoms with Gasteiger partial charge in [-0.25, -0.2) is 0 Å².